The van der Waals surface area contributed by atoms with Gasteiger partial charge in [0.1, 0.15) is 11.6 Å². The van der Waals surface area contributed by atoms with E-state index in [-0.39, 0.29) is 12.0 Å². The van der Waals surface area contributed by atoms with Crippen LogP contribution >= 0.6 is 0 Å². The molecule has 23 heavy (non-hydrogen) atoms. The topological polar surface area (TPSA) is 58.1 Å². The Morgan fingerprint density at radius 1 is 1.17 bits per heavy atom. The van der Waals surface area contributed by atoms with Crippen molar-refractivity contribution in [3.8, 4) is 0 Å². The minimum Gasteiger partial charge on any atom is -0.341 e. The van der Waals surface area contributed by atoms with Crippen LogP contribution in [-0.2, 0) is 11.2 Å². The molecule has 1 saturated heterocycles. The number of carbonyl (C=O) groups excluding carboxylic acids is 1. The predicted octanol–water partition coefficient (Wildman–Crippen LogP) is 2.54. The first-order valence-corrected chi connectivity index (χ1v) is 7.42. The van der Waals surface area contributed by atoms with Crippen LogP contribution in [0.2, 0.25) is 0 Å². The average Bonchev–Trinajstić information content (AvgIpc) is 3.05. The van der Waals surface area contributed by atoms with Gasteiger partial charge in [-0.05, 0) is 24.5 Å². The lowest BCUT2D eigenvalue weighted by Gasteiger charge is -2.14. The molecule has 3 rings (SSSR count). The first-order valence-electron chi connectivity index (χ1n) is 7.42. The lowest BCUT2D eigenvalue weighted by molar-refractivity contribution is -0.115. The Bertz CT molecular complexity index is 700. The lowest BCUT2D eigenvalue weighted by atomic mass is 10.1. The molecule has 2 aromatic rings. The molecule has 1 fully saturated rings. The minimum absolute atomic E-state index is 0.138. The highest BCUT2D eigenvalue weighted by molar-refractivity contribution is 5.92. The van der Waals surface area contributed by atoms with E-state index in [9.17, 15) is 13.6 Å². The van der Waals surface area contributed by atoms with Crippen LogP contribution in [0.3, 0.4) is 0 Å². The Hall–Kier alpha value is -2.57. The van der Waals surface area contributed by atoms with Gasteiger partial charge in [-0.15, -0.1) is 0 Å². The van der Waals surface area contributed by atoms with Crippen LogP contribution in [0.15, 0.2) is 30.6 Å². The van der Waals surface area contributed by atoms with Crippen LogP contribution in [0.4, 0.5) is 20.4 Å². The fourth-order valence-electron chi connectivity index (χ4n) is 2.51. The average molecular weight is 318 g/mol. The minimum atomic E-state index is -0.735. The maximum atomic E-state index is 13.5. The number of hydrogen-bond donors (Lipinski definition) is 1. The highest BCUT2D eigenvalue weighted by Crippen LogP contribution is 2.16. The molecule has 0 bridgehead atoms. The van der Waals surface area contributed by atoms with Gasteiger partial charge in [0.15, 0.2) is 0 Å². The molecule has 1 amide bonds. The van der Waals surface area contributed by atoms with E-state index in [2.05, 4.69) is 20.2 Å². The summed E-state index contributed by atoms with van der Waals surface area (Å²) in [4.78, 5) is 22.5. The van der Waals surface area contributed by atoms with E-state index in [4.69, 9.17) is 0 Å². The number of amides is 1. The van der Waals surface area contributed by atoms with Crippen LogP contribution in [0.1, 0.15) is 18.4 Å². The molecule has 2 heterocycles. The van der Waals surface area contributed by atoms with Gasteiger partial charge >= 0.3 is 0 Å². The summed E-state index contributed by atoms with van der Waals surface area (Å²) in [6.07, 6.45) is 5.13. The Balaban J connectivity index is 1.61. The molecule has 1 N–H and O–H groups in total. The van der Waals surface area contributed by atoms with E-state index in [0.29, 0.717) is 11.6 Å². The Labute approximate surface area is 132 Å². The van der Waals surface area contributed by atoms with Gasteiger partial charge in [0, 0.05) is 19.2 Å². The van der Waals surface area contributed by atoms with Crippen molar-refractivity contribution in [3.05, 3.63) is 47.8 Å². The fourth-order valence-corrected chi connectivity index (χ4v) is 2.51. The second-order valence-corrected chi connectivity index (χ2v) is 5.43. The summed E-state index contributed by atoms with van der Waals surface area (Å²) in [6, 6.07) is 3.15. The Morgan fingerprint density at radius 3 is 2.52 bits per heavy atom. The van der Waals surface area contributed by atoms with E-state index < -0.39 is 17.5 Å². The van der Waals surface area contributed by atoms with Crippen molar-refractivity contribution in [2.45, 2.75) is 19.3 Å². The summed E-state index contributed by atoms with van der Waals surface area (Å²) in [5, 5.41) is 2.61. The van der Waals surface area contributed by atoms with E-state index in [1.54, 1.807) is 0 Å². The van der Waals surface area contributed by atoms with Crippen LogP contribution < -0.4 is 10.2 Å². The Morgan fingerprint density at radius 2 is 1.87 bits per heavy atom. The number of halogens is 2. The maximum Gasteiger partial charge on any atom is 0.228 e. The summed E-state index contributed by atoms with van der Waals surface area (Å²) >= 11 is 0. The molecule has 0 radical (unpaired) electrons. The van der Waals surface area contributed by atoms with Crippen molar-refractivity contribution in [2.24, 2.45) is 0 Å². The summed E-state index contributed by atoms with van der Waals surface area (Å²) in [5.41, 5.74) is 0.582. The SMILES string of the molecule is O=C(Cc1ccc(F)cc1F)Nc1cnc(N2CCCC2)nc1. The molecule has 7 heteroatoms. The second kappa shape index (κ2) is 6.68. The number of nitrogens with zero attached hydrogens (tertiary/aromatic N) is 3. The third kappa shape index (κ3) is 3.80. The van der Waals surface area contributed by atoms with Gasteiger partial charge in [-0.3, -0.25) is 4.79 Å². The van der Waals surface area contributed by atoms with Gasteiger partial charge < -0.3 is 10.2 Å². The molecule has 0 aliphatic carbocycles. The molecule has 1 aliphatic rings. The molecule has 0 spiro atoms. The van der Waals surface area contributed by atoms with Crippen molar-refractivity contribution < 1.29 is 13.6 Å². The number of rotatable bonds is 4. The lowest BCUT2D eigenvalue weighted by Crippen LogP contribution is -2.21. The standard InChI is InChI=1S/C16H16F2N4O/c17-12-4-3-11(14(18)8-12)7-15(23)21-13-9-19-16(20-10-13)22-5-1-2-6-22/h3-4,8-10H,1-2,5-7H2,(H,21,23). The van der Waals surface area contributed by atoms with Gasteiger partial charge in [0.2, 0.25) is 11.9 Å². The van der Waals surface area contributed by atoms with Crippen molar-refractivity contribution in [2.75, 3.05) is 23.3 Å². The summed E-state index contributed by atoms with van der Waals surface area (Å²) < 4.78 is 26.4. The van der Waals surface area contributed by atoms with Crippen LogP contribution in [0.5, 0.6) is 0 Å². The molecule has 5 nitrogen and oxygen atoms in total. The van der Waals surface area contributed by atoms with Crippen LogP contribution in [-0.4, -0.2) is 29.0 Å². The van der Waals surface area contributed by atoms with Gasteiger partial charge in [0.05, 0.1) is 24.5 Å². The van der Waals surface area contributed by atoms with Gasteiger partial charge in [-0.2, -0.15) is 0 Å². The summed E-state index contributed by atoms with van der Waals surface area (Å²) in [6.45, 7) is 1.88. The number of hydrogen-bond acceptors (Lipinski definition) is 4. The summed E-state index contributed by atoms with van der Waals surface area (Å²) in [7, 11) is 0. The molecular formula is C16H16F2N4O. The normalized spacial score (nSPS) is 14.1. The number of nitrogens with one attached hydrogen (secondary N) is 1. The molecular weight excluding hydrogens is 302 g/mol. The van der Waals surface area contributed by atoms with Crippen molar-refractivity contribution >= 4 is 17.5 Å². The highest BCUT2D eigenvalue weighted by atomic mass is 19.1. The third-order valence-corrected chi connectivity index (χ3v) is 3.68. The van der Waals surface area contributed by atoms with Crippen LogP contribution in [0.25, 0.3) is 0 Å². The van der Waals surface area contributed by atoms with Gasteiger partial charge in [0.25, 0.3) is 0 Å². The first kappa shape index (κ1) is 15.3. The molecule has 0 saturated carbocycles. The maximum absolute atomic E-state index is 13.5. The quantitative estimate of drug-likeness (QED) is 0.941. The zero-order chi connectivity index (χ0) is 16.2. The molecule has 120 valence electrons. The van der Waals surface area contributed by atoms with Crippen LogP contribution in [0, 0.1) is 11.6 Å². The summed E-state index contributed by atoms with van der Waals surface area (Å²) in [5.74, 6) is -1.17. The largest absolute Gasteiger partial charge is 0.341 e. The molecule has 1 aliphatic heterocycles. The van der Waals surface area contributed by atoms with Crippen molar-refractivity contribution in [1.82, 2.24) is 9.97 Å². The number of anilines is 2. The Kier molecular flexibility index (Phi) is 4.45. The van der Waals surface area contributed by atoms with Crippen molar-refractivity contribution in [1.29, 1.82) is 0 Å². The smallest absolute Gasteiger partial charge is 0.228 e. The molecule has 0 atom stereocenters. The third-order valence-electron chi connectivity index (χ3n) is 3.68. The number of carbonyl (C=O) groups is 1. The molecule has 0 unspecified atom stereocenters. The van der Waals surface area contributed by atoms with E-state index in [1.807, 2.05) is 0 Å². The predicted molar refractivity (Wildman–Crippen MR) is 82.2 cm³/mol. The van der Waals surface area contributed by atoms with Gasteiger partial charge in [-0.1, -0.05) is 6.07 Å². The fraction of sp³-hybridized carbons (Fsp3) is 0.312. The van der Waals surface area contributed by atoms with E-state index >= 15 is 0 Å². The van der Waals surface area contributed by atoms with E-state index in [0.717, 1.165) is 38.1 Å². The van der Waals surface area contributed by atoms with Crippen molar-refractivity contribution in [3.63, 3.8) is 0 Å². The zero-order valence-corrected chi connectivity index (χ0v) is 12.4. The molecule has 1 aromatic carbocycles. The molecule has 1 aromatic heterocycles. The zero-order valence-electron chi connectivity index (χ0n) is 12.4. The van der Waals surface area contributed by atoms with Gasteiger partial charge in [-0.25, -0.2) is 18.7 Å². The second-order valence-electron chi connectivity index (χ2n) is 5.43. The number of benzene rings is 1. The highest BCUT2D eigenvalue weighted by Gasteiger charge is 2.15. The monoisotopic (exact) mass is 318 g/mol. The first-order chi connectivity index (χ1) is 11.1. The number of aromatic nitrogens is 2. The van der Waals surface area contributed by atoms with E-state index in [1.165, 1.54) is 18.5 Å².